The molecule has 1 saturated heterocycles. The normalized spacial score (nSPS) is 14.8. The van der Waals surface area contributed by atoms with E-state index in [1.165, 1.54) is 23.1 Å². The molecular formula is C21H18N2O5S2. The van der Waals surface area contributed by atoms with Crippen molar-refractivity contribution >= 4 is 46.0 Å². The third kappa shape index (κ3) is 5.25. The van der Waals surface area contributed by atoms with Crippen LogP contribution in [0.4, 0.5) is 5.69 Å². The Labute approximate surface area is 183 Å². The van der Waals surface area contributed by atoms with Crippen molar-refractivity contribution < 1.29 is 19.2 Å². The Morgan fingerprint density at radius 3 is 2.60 bits per heavy atom. The van der Waals surface area contributed by atoms with E-state index in [1.807, 2.05) is 30.3 Å². The molecule has 3 rings (SSSR count). The number of para-hydroxylation sites is 1. The summed E-state index contributed by atoms with van der Waals surface area (Å²) in [5.41, 5.74) is 0.318. The zero-order chi connectivity index (χ0) is 21.5. The largest absolute Gasteiger partial charge is 0.490 e. The maximum Gasteiger partial charge on any atom is 0.270 e. The second-order valence-electron chi connectivity index (χ2n) is 6.07. The SMILES string of the molecule is C=CCN1C(=O)/C(=C\c2cc([N+](=O)[O-])ccc2OCCOc2ccccc2)SC1=S. The predicted octanol–water partition coefficient (Wildman–Crippen LogP) is 4.44. The van der Waals surface area contributed by atoms with E-state index < -0.39 is 4.92 Å². The van der Waals surface area contributed by atoms with Crippen molar-refractivity contribution in [3.63, 3.8) is 0 Å². The standard InChI is InChI=1S/C21H18N2O5S2/c1-2-10-22-20(24)19(30-21(22)29)14-15-13-16(23(25)26)8-9-18(15)28-12-11-27-17-6-4-3-5-7-17/h2-9,13-14H,1,10-12H2/b19-14+. The molecule has 2 aromatic rings. The summed E-state index contributed by atoms with van der Waals surface area (Å²) in [5, 5.41) is 11.2. The van der Waals surface area contributed by atoms with Crippen LogP contribution in [-0.4, -0.2) is 39.8 Å². The Kier molecular flexibility index (Phi) is 7.21. The maximum atomic E-state index is 12.6. The van der Waals surface area contributed by atoms with Crippen molar-refractivity contribution in [2.24, 2.45) is 0 Å². The highest BCUT2D eigenvalue weighted by atomic mass is 32.2. The Bertz CT molecular complexity index is 1010. The number of hydrogen-bond donors (Lipinski definition) is 0. The van der Waals surface area contributed by atoms with Gasteiger partial charge >= 0.3 is 0 Å². The molecule has 9 heteroatoms. The molecule has 0 aromatic heterocycles. The first-order chi connectivity index (χ1) is 14.5. The first-order valence-corrected chi connectivity index (χ1v) is 10.2. The summed E-state index contributed by atoms with van der Waals surface area (Å²) in [4.78, 5) is 25.0. The predicted molar refractivity (Wildman–Crippen MR) is 121 cm³/mol. The minimum atomic E-state index is -0.497. The first-order valence-electron chi connectivity index (χ1n) is 8.95. The number of nitro groups is 1. The van der Waals surface area contributed by atoms with Crippen molar-refractivity contribution in [3.8, 4) is 11.5 Å². The molecule has 0 unspecified atom stereocenters. The molecule has 1 amide bonds. The Hall–Kier alpha value is -3.17. The highest BCUT2D eigenvalue weighted by Gasteiger charge is 2.31. The average molecular weight is 443 g/mol. The topological polar surface area (TPSA) is 81.9 Å². The number of nitrogens with zero attached hydrogens (tertiary/aromatic N) is 2. The van der Waals surface area contributed by atoms with Crippen molar-refractivity contribution in [1.29, 1.82) is 0 Å². The number of rotatable bonds is 9. The van der Waals surface area contributed by atoms with Gasteiger partial charge in [0.15, 0.2) is 0 Å². The number of thiocarbonyl (C=S) groups is 1. The van der Waals surface area contributed by atoms with E-state index in [0.29, 0.717) is 33.7 Å². The molecule has 1 aliphatic heterocycles. The first kappa shape index (κ1) is 21.5. The lowest BCUT2D eigenvalue weighted by Gasteiger charge is -2.11. The molecule has 1 heterocycles. The molecule has 0 aliphatic carbocycles. The number of hydrogen-bond acceptors (Lipinski definition) is 7. The summed E-state index contributed by atoms with van der Waals surface area (Å²) < 4.78 is 11.8. The van der Waals surface area contributed by atoms with Crippen molar-refractivity contribution in [2.75, 3.05) is 19.8 Å². The van der Waals surface area contributed by atoms with E-state index >= 15 is 0 Å². The van der Waals surface area contributed by atoms with Crippen LogP contribution in [0.5, 0.6) is 11.5 Å². The summed E-state index contributed by atoms with van der Waals surface area (Å²) in [6.45, 7) is 4.45. The maximum absolute atomic E-state index is 12.6. The van der Waals surface area contributed by atoms with E-state index in [1.54, 1.807) is 12.2 Å². The van der Waals surface area contributed by atoms with Crippen LogP contribution in [0.3, 0.4) is 0 Å². The summed E-state index contributed by atoms with van der Waals surface area (Å²) >= 11 is 6.37. The van der Waals surface area contributed by atoms with Gasteiger partial charge in [0.25, 0.3) is 11.6 Å². The van der Waals surface area contributed by atoms with Crippen LogP contribution >= 0.6 is 24.0 Å². The number of ether oxygens (including phenoxy) is 2. The fraction of sp³-hybridized carbons (Fsp3) is 0.143. The van der Waals surface area contributed by atoms with Gasteiger partial charge in [-0.15, -0.1) is 6.58 Å². The lowest BCUT2D eigenvalue weighted by molar-refractivity contribution is -0.384. The molecular weight excluding hydrogens is 424 g/mol. The number of benzene rings is 2. The van der Waals surface area contributed by atoms with Gasteiger partial charge in [0.2, 0.25) is 0 Å². The molecule has 1 aliphatic rings. The molecule has 2 aromatic carbocycles. The molecule has 30 heavy (non-hydrogen) atoms. The molecule has 0 atom stereocenters. The fourth-order valence-electron chi connectivity index (χ4n) is 2.65. The van der Waals surface area contributed by atoms with Crippen molar-refractivity contribution in [1.82, 2.24) is 4.90 Å². The van der Waals surface area contributed by atoms with Gasteiger partial charge in [-0.25, -0.2) is 0 Å². The van der Waals surface area contributed by atoms with Gasteiger partial charge in [-0.1, -0.05) is 48.3 Å². The molecule has 0 radical (unpaired) electrons. The molecule has 0 saturated carbocycles. The Balaban J connectivity index is 1.77. The van der Waals surface area contributed by atoms with E-state index in [0.717, 1.165) is 17.5 Å². The quantitative estimate of drug-likeness (QED) is 0.142. The molecule has 1 fully saturated rings. The van der Waals surface area contributed by atoms with Gasteiger partial charge in [0, 0.05) is 24.2 Å². The number of carbonyl (C=O) groups excluding carboxylic acids is 1. The third-order valence-electron chi connectivity index (χ3n) is 4.03. The number of carbonyl (C=O) groups is 1. The summed E-state index contributed by atoms with van der Waals surface area (Å²) in [7, 11) is 0. The van der Waals surface area contributed by atoms with Crippen LogP contribution in [0, 0.1) is 10.1 Å². The van der Waals surface area contributed by atoms with Crippen molar-refractivity contribution in [3.05, 3.63) is 81.8 Å². The monoisotopic (exact) mass is 442 g/mol. The lowest BCUT2D eigenvalue weighted by atomic mass is 10.1. The number of nitro benzene ring substituents is 1. The van der Waals surface area contributed by atoms with E-state index in [9.17, 15) is 14.9 Å². The molecule has 7 nitrogen and oxygen atoms in total. The molecule has 0 N–H and O–H groups in total. The third-order valence-corrected chi connectivity index (χ3v) is 5.41. The van der Waals surface area contributed by atoms with Gasteiger partial charge in [0.1, 0.15) is 29.0 Å². The van der Waals surface area contributed by atoms with E-state index in [4.69, 9.17) is 21.7 Å². The van der Waals surface area contributed by atoms with Crippen LogP contribution in [-0.2, 0) is 4.79 Å². The fourth-order valence-corrected chi connectivity index (χ4v) is 3.92. The van der Waals surface area contributed by atoms with Gasteiger partial charge < -0.3 is 9.47 Å². The molecule has 0 spiro atoms. The number of non-ortho nitro benzene ring substituents is 1. The van der Waals surface area contributed by atoms with E-state index in [2.05, 4.69) is 6.58 Å². The Morgan fingerprint density at radius 1 is 1.17 bits per heavy atom. The zero-order valence-corrected chi connectivity index (χ0v) is 17.5. The minimum Gasteiger partial charge on any atom is -0.490 e. The highest BCUT2D eigenvalue weighted by molar-refractivity contribution is 8.26. The average Bonchev–Trinajstić information content (AvgIpc) is 3.00. The van der Waals surface area contributed by atoms with Crippen molar-refractivity contribution in [2.45, 2.75) is 0 Å². The molecule has 0 bridgehead atoms. The summed E-state index contributed by atoms with van der Waals surface area (Å²) in [5.74, 6) is 0.858. The van der Waals surface area contributed by atoms with Gasteiger partial charge in [-0.2, -0.15) is 0 Å². The van der Waals surface area contributed by atoms with E-state index in [-0.39, 0.29) is 18.2 Å². The number of thioether (sulfide) groups is 1. The smallest absolute Gasteiger partial charge is 0.270 e. The summed E-state index contributed by atoms with van der Waals surface area (Å²) in [6.07, 6.45) is 3.14. The highest BCUT2D eigenvalue weighted by Crippen LogP contribution is 2.35. The molecule has 154 valence electrons. The van der Waals surface area contributed by atoms with Crippen LogP contribution in [0.25, 0.3) is 6.08 Å². The Morgan fingerprint density at radius 2 is 1.90 bits per heavy atom. The second kappa shape index (κ2) is 10.0. The number of amides is 1. The second-order valence-corrected chi connectivity index (χ2v) is 7.75. The van der Waals surface area contributed by atoms with Gasteiger partial charge in [0.05, 0.1) is 9.83 Å². The zero-order valence-electron chi connectivity index (χ0n) is 15.9. The van der Waals surface area contributed by atoms with Crippen LogP contribution < -0.4 is 9.47 Å². The lowest BCUT2D eigenvalue weighted by Crippen LogP contribution is -2.27. The summed E-state index contributed by atoms with van der Waals surface area (Å²) in [6, 6.07) is 13.5. The van der Waals surface area contributed by atoms with Gasteiger partial charge in [-0.05, 0) is 24.3 Å². The van der Waals surface area contributed by atoms with Crippen LogP contribution in [0.2, 0.25) is 0 Å². The van der Waals surface area contributed by atoms with Crippen LogP contribution in [0.15, 0.2) is 66.1 Å². The van der Waals surface area contributed by atoms with Gasteiger partial charge in [-0.3, -0.25) is 19.8 Å². The van der Waals surface area contributed by atoms with Crippen LogP contribution in [0.1, 0.15) is 5.56 Å². The minimum absolute atomic E-state index is 0.101.